The molecular weight excluding hydrogens is 473 g/mol. The molecule has 0 aliphatic rings. The number of halogens is 1. The fourth-order valence-corrected chi connectivity index (χ4v) is 6.66. The van der Waals surface area contributed by atoms with Crippen molar-refractivity contribution in [1.29, 1.82) is 0 Å². The Bertz CT molecular complexity index is 1410. The Labute approximate surface area is 202 Å². The van der Waals surface area contributed by atoms with E-state index in [0.717, 1.165) is 16.7 Å². The van der Waals surface area contributed by atoms with Crippen LogP contribution < -0.4 is 20.7 Å². The molecule has 9 heteroatoms. The molecule has 0 radical (unpaired) electrons. The molecule has 0 aliphatic carbocycles. The molecule has 2 unspecified atom stereocenters. The van der Waals surface area contributed by atoms with Crippen molar-refractivity contribution in [2.24, 2.45) is 0 Å². The Morgan fingerprint density at radius 3 is 2.38 bits per heavy atom. The number of benzene rings is 2. The second-order valence-corrected chi connectivity index (χ2v) is 11.2. The summed E-state index contributed by atoms with van der Waals surface area (Å²) in [6.07, 6.45) is 2.74. The molecule has 0 saturated heterocycles. The van der Waals surface area contributed by atoms with E-state index in [4.69, 9.17) is 16.1 Å². The summed E-state index contributed by atoms with van der Waals surface area (Å²) in [6.45, 7) is 5.65. The van der Waals surface area contributed by atoms with Crippen molar-refractivity contribution < 1.29 is 18.6 Å². The Balaban J connectivity index is 1.87. The van der Waals surface area contributed by atoms with Crippen molar-refractivity contribution in [2.45, 2.75) is 26.8 Å². The van der Waals surface area contributed by atoms with Crippen LogP contribution in [-0.2, 0) is 9.09 Å². The lowest BCUT2D eigenvalue weighted by atomic mass is 10.1. The molecule has 2 aromatic carbocycles. The molecule has 2 heterocycles. The van der Waals surface area contributed by atoms with Crippen molar-refractivity contribution in [1.82, 2.24) is 10.3 Å². The second kappa shape index (κ2) is 9.26. The first-order valence-corrected chi connectivity index (χ1v) is 12.7. The number of nitrogens with zero attached hydrogens (tertiary/aromatic N) is 1. The van der Waals surface area contributed by atoms with Gasteiger partial charge in [-0.1, -0.05) is 28.8 Å². The van der Waals surface area contributed by atoms with Crippen molar-refractivity contribution >= 4 is 46.4 Å². The van der Waals surface area contributed by atoms with Crippen LogP contribution >= 0.6 is 19.0 Å². The molecule has 4 rings (SSSR count). The number of nitrogens with one attached hydrogen (secondary N) is 2. The van der Waals surface area contributed by atoms with Gasteiger partial charge in [0.2, 0.25) is 0 Å². The van der Waals surface area contributed by atoms with Gasteiger partial charge in [-0.3, -0.25) is 9.36 Å². The third kappa shape index (κ3) is 4.47. The number of amides is 1. The highest BCUT2D eigenvalue weighted by Crippen LogP contribution is 2.47. The van der Waals surface area contributed by atoms with Crippen LogP contribution in [0.2, 0.25) is 5.02 Å². The molecule has 4 aromatic rings. The Morgan fingerprint density at radius 1 is 1.12 bits per heavy atom. The molecule has 0 saturated carbocycles. The minimum Gasteiger partial charge on any atom is -0.619 e. The number of H-pyrrole nitrogens is 1. The van der Waals surface area contributed by atoms with E-state index in [1.165, 1.54) is 19.5 Å². The third-order valence-corrected chi connectivity index (χ3v) is 8.47. The van der Waals surface area contributed by atoms with Crippen LogP contribution in [0.15, 0.2) is 60.9 Å². The average Bonchev–Trinajstić information content (AvgIpc) is 3.17. The van der Waals surface area contributed by atoms with Gasteiger partial charge in [-0.2, -0.15) is 4.73 Å². The number of fused-ring (bicyclic) bond motifs is 1. The van der Waals surface area contributed by atoms with Crippen LogP contribution in [0.1, 0.15) is 40.1 Å². The second-order valence-electron chi connectivity index (χ2n) is 8.31. The van der Waals surface area contributed by atoms with Crippen molar-refractivity contribution in [2.75, 3.05) is 7.11 Å². The van der Waals surface area contributed by atoms with Gasteiger partial charge in [0.25, 0.3) is 13.3 Å². The van der Waals surface area contributed by atoms with E-state index in [-0.39, 0.29) is 11.0 Å². The Kier molecular flexibility index (Phi) is 6.54. The highest BCUT2D eigenvalue weighted by atomic mass is 35.5. The van der Waals surface area contributed by atoms with Gasteiger partial charge < -0.3 is 20.0 Å². The zero-order chi connectivity index (χ0) is 24.6. The van der Waals surface area contributed by atoms with Gasteiger partial charge in [0, 0.05) is 40.5 Å². The zero-order valence-electron chi connectivity index (χ0n) is 19.3. The lowest BCUT2D eigenvalue weighted by molar-refractivity contribution is -0.605. The van der Waals surface area contributed by atoms with Crippen molar-refractivity contribution in [3.8, 4) is 0 Å². The van der Waals surface area contributed by atoms with Gasteiger partial charge in [-0.15, -0.1) is 0 Å². The van der Waals surface area contributed by atoms with Gasteiger partial charge in [0.15, 0.2) is 12.4 Å². The number of hydrogen-bond acceptors (Lipinski definition) is 4. The molecule has 2 atom stereocenters. The van der Waals surface area contributed by atoms with Crippen LogP contribution in [0.25, 0.3) is 10.9 Å². The molecule has 2 N–H and O–H groups in total. The maximum absolute atomic E-state index is 14.5. The number of aromatic amines is 1. The van der Waals surface area contributed by atoms with Gasteiger partial charge in [0.1, 0.15) is 5.69 Å². The highest BCUT2D eigenvalue weighted by molar-refractivity contribution is 7.75. The molecule has 7 nitrogen and oxygen atoms in total. The number of aromatic nitrogens is 2. The van der Waals surface area contributed by atoms with E-state index in [9.17, 15) is 14.6 Å². The smallest absolute Gasteiger partial charge is 0.269 e. The summed E-state index contributed by atoms with van der Waals surface area (Å²) in [5, 5.41) is 16.1. The average molecular weight is 498 g/mol. The van der Waals surface area contributed by atoms with Crippen LogP contribution in [0, 0.1) is 19.1 Å². The summed E-state index contributed by atoms with van der Waals surface area (Å²) >= 11 is 6.27. The van der Waals surface area contributed by atoms with Crippen LogP contribution in [0.4, 0.5) is 0 Å². The van der Waals surface area contributed by atoms with E-state index < -0.39 is 19.3 Å². The minimum absolute atomic E-state index is 0.142. The quantitative estimate of drug-likeness (QED) is 0.234. The molecule has 0 bridgehead atoms. The molecule has 0 spiro atoms. The van der Waals surface area contributed by atoms with Crippen LogP contribution in [0.5, 0.6) is 0 Å². The number of aryl methyl sites for hydroxylation is 2. The van der Waals surface area contributed by atoms with E-state index in [1.807, 2.05) is 32.0 Å². The number of hydrogen-bond donors (Lipinski definition) is 2. The maximum Gasteiger partial charge on any atom is 0.269 e. The fourth-order valence-electron chi connectivity index (χ4n) is 4.13. The van der Waals surface area contributed by atoms with Crippen molar-refractivity contribution in [3.05, 3.63) is 93.5 Å². The normalized spacial score (nSPS) is 14.0. The number of rotatable bonds is 6. The third-order valence-electron chi connectivity index (χ3n) is 5.73. The Morgan fingerprint density at radius 2 is 1.76 bits per heavy atom. The summed E-state index contributed by atoms with van der Waals surface area (Å²) in [7, 11) is -2.30. The SMILES string of the molecule is COP(=O)(c1cc(C)cc(C)c1)c1c(C(=O)NC(C)c2cc[n+]([O-])cc2)[nH]c2ccc(Cl)cc12. The lowest BCUT2D eigenvalue weighted by Crippen LogP contribution is -2.32. The van der Waals surface area contributed by atoms with Gasteiger partial charge >= 0.3 is 0 Å². The largest absolute Gasteiger partial charge is 0.619 e. The monoisotopic (exact) mass is 497 g/mol. The van der Waals surface area contributed by atoms with Crippen molar-refractivity contribution in [3.63, 3.8) is 0 Å². The molecule has 1 amide bonds. The number of pyridine rings is 1. The van der Waals surface area contributed by atoms with Gasteiger partial charge in [-0.05, 0) is 56.7 Å². The standard InChI is InChI=1S/C25H25ClN3O4P/c1-15-11-16(2)13-20(12-15)34(32,33-4)24-21-14-19(26)5-6-22(21)28-23(24)25(30)27-17(3)18-7-9-29(31)10-8-18/h5-14,17,28H,1-4H3,(H,27,30). The van der Waals surface area contributed by atoms with Crippen LogP contribution in [0.3, 0.4) is 0 Å². The summed E-state index contributed by atoms with van der Waals surface area (Å²) in [6, 6.07) is 13.6. The summed E-state index contributed by atoms with van der Waals surface area (Å²) in [4.78, 5) is 16.6. The molecule has 0 aliphatic heterocycles. The Hall–Kier alpha value is -3.12. The fraction of sp³-hybridized carbons (Fsp3) is 0.200. The first-order chi connectivity index (χ1) is 16.1. The van der Waals surface area contributed by atoms with E-state index in [0.29, 0.717) is 26.0 Å². The summed E-state index contributed by atoms with van der Waals surface area (Å²) in [5.74, 6) is -0.449. The first-order valence-electron chi connectivity index (χ1n) is 10.7. The predicted molar refractivity (Wildman–Crippen MR) is 134 cm³/mol. The molecular formula is C25H25ClN3O4P. The molecule has 34 heavy (non-hydrogen) atoms. The molecule has 176 valence electrons. The summed E-state index contributed by atoms with van der Waals surface area (Å²) < 4.78 is 20.9. The first kappa shape index (κ1) is 24.0. The topological polar surface area (TPSA) is 98.1 Å². The number of carbonyl (C=O) groups excluding carboxylic acids is 1. The predicted octanol–water partition coefficient (Wildman–Crippen LogP) is 4.44. The lowest BCUT2D eigenvalue weighted by Gasteiger charge is -2.20. The van der Waals surface area contributed by atoms with E-state index in [1.54, 1.807) is 37.3 Å². The van der Waals surface area contributed by atoms with Gasteiger partial charge in [0.05, 0.1) is 11.3 Å². The maximum atomic E-state index is 14.5. The van der Waals surface area contributed by atoms with Crippen LogP contribution in [-0.4, -0.2) is 18.0 Å². The molecule has 0 fully saturated rings. The minimum atomic E-state index is -3.69. The number of carbonyl (C=O) groups is 1. The van der Waals surface area contributed by atoms with E-state index >= 15 is 0 Å². The summed E-state index contributed by atoms with van der Waals surface area (Å²) in [5.41, 5.74) is 3.38. The highest BCUT2D eigenvalue weighted by Gasteiger charge is 2.36. The molecule has 2 aromatic heterocycles. The van der Waals surface area contributed by atoms with E-state index in [2.05, 4.69) is 10.3 Å². The van der Waals surface area contributed by atoms with Gasteiger partial charge in [-0.25, -0.2) is 0 Å². The zero-order valence-corrected chi connectivity index (χ0v) is 20.9.